The second kappa shape index (κ2) is 12.1. The lowest BCUT2D eigenvalue weighted by molar-refractivity contribution is -0.253. The fourth-order valence-electron chi connectivity index (χ4n) is 5.10. The van der Waals surface area contributed by atoms with Crippen molar-refractivity contribution < 1.29 is 14.6 Å². The van der Waals surface area contributed by atoms with Crippen LogP contribution >= 0.6 is 0 Å². The third-order valence-corrected chi connectivity index (χ3v) is 7.28. The van der Waals surface area contributed by atoms with Crippen LogP contribution in [0.25, 0.3) is 0 Å². The van der Waals surface area contributed by atoms with E-state index in [4.69, 9.17) is 15.2 Å². The van der Waals surface area contributed by atoms with Crippen LogP contribution in [0.4, 0.5) is 0 Å². The Balaban J connectivity index is 1.24. The van der Waals surface area contributed by atoms with Crippen LogP contribution in [-0.2, 0) is 29.2 Å². The zero-order chi connectivity index (χ0) is 24.7. The van der Waals surface area contributed by atoms with Crippen molar-refractivity contribution in [3.63, 3.8) is 0 Å². The van der Waals surface area contributed by atoms with Crippen molar-refractivity contribution in [3.8, 4) is 0 Å². The van der Waals surface area contributed by atoms with Crippen LogP contribution in [0.5, 0.6) is 0 Å². The van der Waals surface area contributed by atoms with E-state index in [1.807, 2.05) is 24.3 Å². The van der Waals surface area contributed by atoms with Gasteiger partial charge in [0.25, 0.3) is 0 Å². The second-order valence-corrected chi connectivity index (χ2v) is 9.86. The minimum atomic E-state index is -0.419. The Kier molecular flexibility index (Phi) is 8.43. The van der Waals surface area contributed by atoms with Gasteiger partial charge >= 0.3 is 0 Å². The van der Waals surface area contributed by atoms with Gasteiger partial charge in [-0.05, 0) is 22.3 Å². The first-order valence-corrected chi connectivity index (χ1v) is 13.0. The molecule has 6 nitrogen and oxygen atoms in total. The fraction of sp³-hybridized carbons (Fsp3) is 0.400. The van der Waals surface area contributed by atoms with Crippen molar-refractivity contribution in [2.75, 3.05) is 32.7 Å². The molecule has 0 spiro atoms. The predicted octanol–water partition coefficient (Wildman–Crippen LogP) is 4.00. The molecule has 3 aromatic rings. The average Bonchev–Trinajstić information content (AvgIpc) is 2.94. The number of benzene rings is 3. The molecule has 3 aromatic carbocycles. The van der Waals surface area contributed by atoms with E-state index < -0.39 is 6.29 Å². The SMILES string of the molecule is NCc1ccc(C2OC(CN3CCN(Cc4ccccc4)CC3)CC(c3ccc(CO)cc3)O2)cc1. The molecule has 2 saturated heterocycles. The van der Waals surface area contributed by atoms with Gasteiger partial charge in [-0.15, -0.1) is 0 Å². The molecule has 2 aliphatic heterocycles. The molecule has 0 amide bonds. The standard InChI is InChI=1S/C30H37N3O3/c31-19-23-6-12-27(13-7-23)30-35-28(18-29(36-30)26-10-8-25(22-34)9-11-26)21-33-16-14-32(15-17-33)20-24-4-2-1-3-5-24/h1-13,28-30,34H,14-22,31H2. The molecule has 3 atom stereocenters. The van der Waals surface area contributed by atoms with Crippen LogP contribution in [-0.4, -0.2) is 53.7 Å². The Labute approximate surface area is 214 Å². The van der Waals surface area contributed by atoms with Crippen molar-refractivity contribution in [2.24, 2.45) is 5.73 Å². The predicted molar refractivity (Wildman–Crippen MR) is 141 cm³/mol. The van der Waals surface area contributed by atoms with Gasteiger partial charge in [0.15, 0.2) is 6.29 Å². The third kappa shape index (κ3) is 6.40. The first-order chi connectivity index (χ1) is 17.7. The van der Waals surface area contributed by atoms with Gasteiger partial charge in [-0.25, -0.2) is 0 Å². The van der Waals surface area contributed by atoms with Crippen LogP contribution in [0.2, 0.25) is 0 Å². The molecule has 190 valence electrons. The van der Waals surface area contributed by atoms with Gasteiger partial charge in [-0.2, -0.15) is 0 Å². The quantitative estimate of drug-likeness (QED) is 0.501. The minimum absolute atomic E-state index is 0.0455. The number of nitrogens with two attached hydrogens (primary N) is 1. The van der Waals surface area contributed by atoms with Gasteiger partial charge in [0.05, 0.1) is 18.8 Å². The molecule has 2 fully saturated rings. The second-order valence-electron chi connectivity index (χ2n) is 9.86. The highest BCUT2D eigenvalue weighted by atomic mass is 16.7. The summed E-state index contributed by atoms with van der Waals surface area (Å²) in [6.07, 6.45) is 0.397. The lowest BCUT2D eigenvalue weighted by Crippen LogP contribution is -2.49. The van der Waals surface area contributed by atoms with Gasteiger partial charge in [0.1, 0.15) is 0 Å². The normalized spacial score (nSPS) is 23.6. The molecule has 6 heteroatoms. The lowest BCUT2D eigenvalue weighted by Gasteiger charge is -2.40. The molecule has 0 aliphatic carbocycles. The number of nitrogens with zero attached hydrogens (tertiary/aromatic N) is 2. The first kappa shape index (κ1) is 25.1. The number of rotatable bonds is 8. The van der Waals surface area contributed by atoms with Crippen molar-refractivity contribution in [1.29, 1.82) is 0 Å². The van der Waals surface area contributed by atoms with E-state index in [1.54, 1.807) is 0 Å². The third-order valence-electron chi connectivity index (χ3n) is 7.28. The monoisotopic (exact) mass is 487 g/mol. The molecule has 3 N–H and O–H groups in total. The van der Waals surface area contributed by atoms with Crippen molar-refractivity contribution >= 4 is 0 Å². The van der Waals surface area contributed by atoms with E-state index in [0.717, 1.165) is 67.9 Å². The molecular formula is C30H37N3O3. The summed E-state index contributed by atoms with van der Waals surface area (Å²) < 4.78 is 13.0. The average molecular weight is 488 g/mol. The fourth-order valence-corrected chi connectivity index (χ4v) is 5.10. The molecule has 0 saturated carbocycles. The zero-order valence-electron chi connectivity index (χ0n) is 20.8. The molecular weight excluding hydrogens is 450 g/mol. The van der Waals surface area contributed by atoms with Crippen LogP contribution in [0, 0.1) is 0 Å². The topological polar surface area (TPSA) is 71.2 Å². The van der Waals surface area contributed by atoms with Crippen LogP contribution in [0.3, 0.4) is 0 Å². The van der Waals surface area contributed by atoms with Gasteiger partial charge < -0.3 is 20.3 Å². The van der Waals surface area contributed by atoms with Gasteiger partial charge in [0, 0.05) is 57.8 Å². The van der Waals surface area contributed by atoms with Gasteiger partial charge in [-0.3, -0.25) is 9.80 Å². The summed E-state index contributed by atoms with van der Waals surface area (Å²) in [6.45, 7) is 6.68. The number of aliphatic hydroxyl groups excluding tert-OH is 1. The molecule has 2 aliphatic rings. The van der Waals surface area contributed by atoms with Crippen LogP contribution < -0.4 is 5.73 Å². The Hall–Kier alpha value is -2.58. The first-order valence-electron chi connectivity index (χ1n) is 13.0. The number of piperazine rings is 1. The summed E-state index contributed by atoms with van der Waals surface area (Å²) in [5, 5.41) is 9.43. The molecule has 2 heterocycles. The van der Waals surface area contributed by atoms with E-state index in [-0.39, 0.29) is 18.8 Å². The highest BCUT2D eigenvalue weighted by Crippen LogP contribution is 2.38. The van der Waals surface area contributed by atoms with Crippen molar-refractivity contribution in [3.05, 3.63) is 107 Å². The van der Waals surface area contributed by atoms with Crippen LogP contribution in [0.1, 0.15) is 46.6 Å². The summed E-state index contributed by atoms with van der Waals surface area (Å²) in [5.41, 5.74) is 11.3. The molecule has 5 rings (SSSR count). The highest BCUT2D eigenvalue weighted by molar-refractivity contribution is 5.26. The molecule has 3 unspecified atom stereocenters. The maximum Gasteiger partial charge on any atom is 0.184 e. The number of hydrogen-bond acceptors (Lipinski definition) is 6. The summed E-state index contributed by atoms with van der Waals surface area (Å²) >= 11 is 0. The summed E-state index contributed by atoms with van der Waals surface area (Å²) in [5.74, 6) is 0. The van der Waals surface area contributed by atoms with Crippen molar-refractivity contribution in [1.82, 2.24) is 9.80 Å². The zero-order valence-corrected chi connectivity index (χ0v) is 20.8. The van der Waals surface area contributed by atoms with Crippen molar-refractivity contribution in [2.45, 2.75) is 44.6 Å². The number of aliphatic hydroxyl groups is 1. The van der Waals surface area contributed by atoms with Gasteiger partial charge in [-0.1, -0.05) is 78.9 Å². The van der Waals surface area contributed by atoms with E-state index in [2.05, 4.69) is 64.4 Å². The minimum Gasteiger partial charge on any atom is -0.392 e. The van der Waals surface area contributed by atoms with Gasteiger partial charge in [0.2, 0.25) is 0 Å². The summed E-state index contributed by atoms with van der Waals surface area (Å²) in [7, 11) is 0. The molecule has 0 radical (unpaired) electrons. The van der Waals surface area contributed by atoms with Crippen LogP contribution in [0.15, 0.2) is 78.9 Å². The Morgan fingerprint density at radius 2 is 1.36 bits per heavy atom. The molecule has 0 bridgehead atoms. The van der Waals surface area contributed by atoms with E-state index in [1.165, 1.54) is 5.56 Å². The Bertz CT molecular complexity index is 1010. The number of hydrogen-bond donors (Lipinski definition) is 2. The highest BCUT2D eigenvalue weighted by Gasteiger charge is 2.33. The summed E-state index contributed by atoms with van der Waals surface area (Å²) in [4.78, 5) is 5.06. The smallest absolute Gasteiger partial charge is 0.184 e. The lowest BCUT2D eigenvalue weighted by atomic mass is 9.99. The molecule has 36 heavy (non-hydrogen) atoms. The van der Waals surface area contributed by atoms with E-state index in [9.17, 15) is 5.11 Å². The largest absolute Gasteiger partial charge is 0.392 e. The molecule has 0 aromatic heterocycles. The maximum absolute atomic E-state index is 9.43. The Morgan fingerprint density at radius 3 is 2.03 bits per heavy atom. The number of ether oxygens (including phenoxy) is 2. The maximum atomic E-state index is 9.43. The Morgan fingerprint density at radius 1 is 0.722 bits per heavy atom. The van der Waals surface area contributed by atoms with E-state index >= 15 is 0 Å². The summed E-state index contributed by atoms with van der Waals surface area (Å²) in [6, 6.07) is 27.0. The van der Waals surface area contributed by atoms with E-state index in [0.29, 0.717) is 6.54 Å².